The van der Waals surface area contributed by atoms with Gasteiger partial charge in [0.05, 0.1) is 30.0 Å². The van der Waals surface area contributed by atoms with Crippen molar-refractivity contribution in [1.29, 1.82) is 0 Å². The van der Waals surface area contributed by atoms with Gasteiger partial charge in [-0.2, -0.15) is 4.31 Å². The molecule has 1 atom stereocenters. The Hall–Kier alpha value is -1.52. The lowest BCUT2D eigenvalue weighted by atomic mass is 10.2. The third-order valence-corrected chi connectivity index (χ3v) is 6.88. The van der Waals surface area contributed by atoms with Gasteiger partial charge in [-0.3, -0.25) is 9.78 Å². The summed E-state index contributed by atoms with van der Waals surface area (Å²) in [5, 5.41) is 2.67. The van der Waals surface area contributed by atoms with Crippen LogP contribution in [0.5, 0.6) is 0 Å². The van der Waals surface area contributed by atoms with E-state index in [1.54, 1.807) is 24.4 Å². The molecule has 0 aromatic carbocycles. The average molecular weight is 375 g/mol. The highest BCUT2D eigenvalue weighted by atomic mass is 32.2. The largest absolute Gasteiger partial charge is 0.350 e. The maximum atomic E-state index is 11.9. The monoisotopic (exact) mass is 375 g/mol. The Labute approximate surface area is 142 Å². The lowest BCUT2D eigenvalue weighted by Gasteiger charge is -2.25. The number of amides is 1. The number of nitrogens with one attached hydrogen (secondary N) is 1. The van der Waals surface area contributed by atoms with Crippen molar-refractivity contribution in [3.05, 3.63) is 30.1 Å². The molecule has 10 heteroatoms. The van der Waals surface area contributed by atoms with E-state index in [0.717, 1.165) is 10.6 Å². The Morgan fingerprint density at radius 1 is 1.42 bits per heavy atom. The fraction of sp³-hybridized carbons (Fsp3) is 0.571. The second-order valence-corrected chi connectivity index (χ2v) is 9.94. The molecule has 1 aliphatic rings. The number of nitrogens with zero attached hydrogens (tertiary/aromatic N) is 2. The molecule has 2 heterocycles. The van der Waals surface area contributed by atoms with Crippen molar-refractivity contribution in [2.45, 2.75) is 25.4 Å². The fourth-order valence-electron chi connectivity index (χ4n) is 2.61. The molecule has 2 rings (SSSR count). The van der Waals surface area contributed by atoms with Gasteiger partial charge in [-0.05, 0) is 18.6 Å². The van der Waals surface area contributed by atoms with Crippen LogP contribution < -0.4 is 5.32 Å². The lowest BCUT2D eigenvalue weighted by molar-refractivity contribution is -0.121. The van der Waals surface area contributed by atoms with Crippen LogP contribution in [0.2, 0.25) is 0 Å². The highest BCUT2D eigenvalue weighted by Gasteiger charge is 2.36. The number of pyridine rings is 1. The summed E-state index contributed by atoms with van der Waals surface area (Å²) in [5.74, 6) is -0.513. The van der Waals surface area contributed by atoms with Gasteiger partial charge in [0.15, 0.2) is 9.84 Å². The molecule has 1 fully saturated rings. The van der Waals surface area contributed by atoms with E-state index in [1.165, 1.54) is 0 Å². The SMILES string of the molecule is CS(=O)(=O)N(CCC(=O)NCc1ccccn1)C1CCS(=O)(=O)C1. The summed E-state index contributed by atoms with van der Waals surface area (Å²) in [5.41, 5.74) is 0.702. The predicted molar refractivity (Wildman–Crippen MR) is 89.3 cm³/mol. The Morgan fingerprint density at radius 3 is 2.71 bits per heavy atom. The number of carbonyl (C=O) groups excluding carboxylic acids is 1. The minimum Gasteiger partial charge on any atom is -0.350 e. The summed E-state index contributed by atoms with van der Waals surface area (Å²) in [6.45, 7) is 0.226. The first kappa shape index (κ1) is 18.8. The Morgan fingerprint density at radius 2 is 2.17 bits per heavy atom. The van der Waals surface area contributed by atoms with Crippen molar-refractivity contribution < 1.29 is 21.6 Å². The first-order chi connectivity index (χ1) is 11.2. The van der Waals surface area contributed by atoms with E-state index in [0.29, 0.717) is 5.69 Å². The van der Waals surface area contributed by atoms with E-state index in [-0.39, 0.29) is 43.3 Å². The summed E-state index contributed by atoms with van der Waals surface area (Å²) >= 11 is 0. The van der Waals surface area contributed by atoms with Crippen LogP contribution in [-0.2, 0) is 31.2 Å². The number of hydrogen-bond donors (Lipinski definition) is 1. The minimum atomic E-state index is -3.58. The fourth-order valence-corrected chi connectivity index (χ4v) is 5.58. The zero-order valence-electron chi connectivity index (χ0n) is 13.4. The molecule has 1 aromatic heterocycles. The van der Waals surface area contributed by atoms with Crippen LogP contribution in [0.25, 0.3) is 0 Å². The molecule has 1 saturated heterocycles. The summed E-state index contributed by atoms with van der Waals surface area (Å²) in [7, 11) is -6.79. The molecule has 1 amide bonds. The zero-order valence-corrected chi connectivity index (χ0v) is 15.0. The van der Waals surface area contributed by atoms with E-state index >= 15 is 0 Å². The highest BCUT2D eigenvalue weighted by Crippen LogP contribution is 2.20. The second-order valence-electron chi connectivity index (χ2n) is 5.78. The molecule has 8 nitrogen and oxygen atoms in total. The van der Waals surface area contributed by atoms with Gasteiger partial charge in [0.2, 0.25) is 15.9 Å². The summed E-state index contributed by atoms with van der Waals surface area (Å²) in [4.78, 5) is 16.0. The van der Waals surface area contributed by atoms with Crippen LogP contribution in [0.3, 0.4) is 0 Å². The Kier molecular flexibility index (Phi) is 5.94. The van der Waals surface area contributed by atoms with E-state index in [9.17, 15) is 21.6 Å². The van der Waals surface area contributed by atoms with Gasteiger partial charge in [0, 0.05) is 25.2 Å². The van der Waals surface area contributed by atoms with Gasteiger partial charge in [0.1, 0.15) is 0 Å². The zero-order chi connectivity index (χ0) is 17.8. The van der Waals surface area contributed by atoms with Crippen LogP contribution in [-0.4, -0.2) is 62.4 Å². The molecular weight excluding hydrogens is 354 g/mol. The van der Waals surface area contributed by atoms with Gasteiger partial charge in [-0.25, -0.2) is 16.8 Å². The molecule has 134 valence electrons. The van der Waals surface area contributed by atoms with Gasteiger partial charge in [-0.15, -0.1) is 0 Å². The molecule has 1 unspecified atom stereocenters. The van der Waals surface area contributed by atoms with Crippen molar-refractivity contribution in [1.82, 2.24) is 14.6 Å². The standard InChI is InChI=1S/C14H21N3O5S2/c1-23(19,20)17(13-6-9-24(21,22)11-13)8-5-14(18)16-10-12-4-2-3-7-15-12/h2-4,7,13H,5-6,8-11H2,1H3,(H,16,18). The third-order valence-electron chi connectivity index (χ3n) is 3.79. The lowest BCUT2D eigenvalue weighted by Crippen LogP contribution is -2.42. The number of aromatic nitrogens is 1. The third kappa shape index (κ3) is 5.53. The van der Waals surface area contributed by atoms with E-state index in [2.05, 4.69) is 10.3 Å². The van der Waals surface area contributed by atoms with E-state index in [1.807, 2.05) is 0 Å². The maximum absolute atomic E-state index is 11.9. The molecule has 0 saturated carbocycles. The maximum Gasteiger partial charge on any atom is 0.221 e. The van der Waals surface area contributed by atoms with Crippen molar-refractivity contribution in [3.63, 3.8) is 0 Å². The van der Waals surface area contributed by atoms with Gasteiger partial charge < -0.3 is 5.32 Å². The molecule has 1 N–H and O–H groups in total. The first-order valence-electron chi connectivity index (χ1n) is 7.51. The first-order valence-corrected chi connectivity index (χ1v) is 11.2. The van der Waals surface area contributed by atoms with Gasteiger partial charge in [-0.1, -0.05) is 6.07 Å². The minimum absolute atomic E-state index is 0.0183. The van der Waals surface area contributed by atoms with Crippen LogP contribution in [0, 0.1) is 0 Å². The van der Waals surface area contributed by atoms with E-state index < -0.39 is 25.9 Å². The van der Waals surface area contributed by atoms with Gasteiger partial charge >= 0.3 is 0 Å². The van der Waals surface area contributed by atoms with Crippen LogP contribution in [0.4, 0.5) is 0 Å². The average Bonchev–Trinajstić information content (AvgIpc) is 2.85. The number of carbonyl (C=O) groups is 1. The predicted octanol–water partition coefficient (Wildman–Crippen LogP) is -0.463. The summed E-state index contributed by atoms with van der Waals surface area (Å²) in [6, 6.07) is 4.76. The van der Waals surface area contributed by atoms with E-state index in [4.69, 9.17) is 0 Å². The van der Waals surface area contributed by atoms with Crippen LogP contribution in [0.1, 0.15) is 18.5 Å². The summed E-state index contributed by atoms with van der Waals surface area (Å²) < 4.78 is 48.1. The van der Waals surface area contributed by atoms with Crippen molar-refractivity contribution >= 4 is 25.8 Å². The van der Waals surface area contributed by atoms with Crippen molar-refractivity contribution in [3.8, 4) is 0 Å². The Balaban J connectivity index is 1.90. The molecule has 1 aromatic rings. The van der Waals surface area contributed by atoms with Gasteiger partial charge in [0.25, 0.3) is 0 Å². The topological polar surface area (TPSA) is 114 Å². The molecule has 24 heavy (non-hydrogen) atoms. The molecule has 0 spiro atoms. The molecule has 0 bridgehead atoms. The smallest absolute Gasteiger partial charge is 0.221 e. The number of rotatable bonds is 7. The second kappa shape index (κ2) is 7.58. The molecular formula is C14H21N3O5S2. The molecule has 0 aliphatic carbocycles. The highest BCUT2D eigenvalue weighted by molar-refractivity contribution is 7.92. The molecule has 1 aliphatic heterocycles. The van der Waals surface area contributed by atoms with Crippen LogP contribution >= 0.6 is 0 Å². The van der Waals surface area contributed by atoms with Crippen LogP contribution in [0.15, 0.2) is 24.4 Å². The molecule has 0 radical (unpaired) electrons. The number of sulfone groups is 1. The normalized spacial score (nSPS) is 20.2. The number of sulfonamides is 1. The Bertz CT molecular complexity index is 778. The van der Waals surface area contributed by atoms with Crippen molar-refractivity contribution in [2.75, 3.05) is 24.3 Å². The quantitative estimate of drug-likeness (QED) is 0.690. The van der Waals surface area contributed by atoms with Crippen molar-refractivity contribution in [2.24, 2.45) is 0 Å². The number of hydrogen-bond acceptors (Lipinski definition) is 6. The summed E-state index contributed by atoms with van der Waals surface area (Å²) in [6.07, 6.45) is 2.89.